The van der Waals surface area contributed by atoms with Crippen LogP contribution in [0, 0.1) is 0 Å². The van der Waals surface area contributed by atoms with E-state index >= 15 is 0 Å². The molecule has 0 aromatic heterocycles. The molecule has 102 valence electrons. The Kier molecular flexibility index (Phi) is 3.82. The Morgan fingerprint density at radius 3 is 2.30 bits per heavy atom. The molecule has 1 aliphatic rings. The topological polar surface area (TPSA) is 26.3 Å². The van der Waals surface area contributed by atoms with Gasteiger partial charge < -0.3 is 4.74 Å². The van der Waals surface area contributed by atoms with Crippen LogP contribution in [0.3, 0.4) is 0 Å². The van der Waals surface area contributed by atoms with E-state index in [-0.39, 0.29) is 6.10 Å². The highest BCUT2D eigenvalue weighted by molar-refractivity contribution is 5.81. The van der Waals surface area contributed by atoms with E-state index in [9.17, 15) is 4.79 Å². The second-order valence-corrected chi connectivity index (χ2v) is 5.33. The van der Waals surface area contributed by atoms with Crippen LogP contribution in [0.1, 0.15) is 30.4 Å². The van der Waals surface area contributed by atoms with Gasteiger partial charge in [-0.05, 0) is 36.1 Å². The lowest BCUT2D eigenvalue weighted by Crippen LogP contribution is -2.11. The predicted molar refractivity (Wildman–Crippen MR) is 79.0 cm³/mol. The number of hydrogen-bond donors (Lipinski definition) is 0. The summed E-state index contributed by atoms with van der Waals surface area (Å²) in [5.41, 5.74) is 2.58. The molecule has 2 aromatic carbocycles. The molecule has 1 aliphatic carbocycles. The molecule has 2 nitrogen and oxygen atoms in total. The summed E-state index contributed by atoms with van der Waals surface area (Å²) in [6, 6.07) is 18.6. The van der Waals surface area contributed by atoms with E-state index in [1.807, 2.05) is 18.2 Å². The summed E-state index contributed by atoms with van der Waals surface area (Å²) in [7, 11) is 0. The third-order valence-electron chi connectivity index (χ3n) is 3.68. The second-order valence-electron chi connectivity index (χ2n) is 5.33. The maximum absolute atomic E-state index is 11.2. The number of hydrogen-bond acceptors (Lipinski definition) is 2. The first-order valence-corrected chi connectivity index (χ1v) is 7.11. The van der Waals surface area contributed by atoms with Crippen molar-refractivity contribution in [2.45, 2.75) is 31.8 Å². The molecule has 0 saturated heterocycles. The largest absolute Gasteiger partial charge is 0.490 e. The van der Waals surface area contributed by atoms with E-state index in [0.29, 0.717) is 18.6 Å². The smallest absolute Gasteiger partial charge is 0.136 e. The summed E-state index contributed by atoms with van der Waals surface area (Å²) >= 11 is 0. The van der Waals surface area contributed by atoms with Crippen molar-refractivity contribution >= 4 is 5.78 Å². The van der Waals surface area contributed by atoms with Gasteiger partial charge in [-0.1, -0.05) is 42.5 Å². The Hall–Kier alpha value is -2.09. The first-order chi connectivity index (χ1) is 9.79. The molecule has 1 saturated carbocycles. The Morgan fingerprint density at radius 2 is 1.65 bits per heavy atom. The van der Waals surface area contributed by atoms with Gasteiger partial charge in [0, 0.05) is 12.8 Å². The molecule has 0 amide bonds. The van der Waals surface area contributed by atoms with Crippen LogP contribution in [0.25, 0.3) is 0 Å². The van der Waals surface area contributed by atoms with E-state index in [4.69, 9.17) is 4.74 Å². The SMILES string of the molecule is O=C1CCC(Oc2ccc(Cc3ccccc3)cc2)C1. The number of carbonyl (C=O) groups is 1. The van der Waals surface area contributed by atoms with Gasteiger partial charge in [0.2, 0.25) is 0 Å². The molecule has 2 heteroatoms. The molecule has 2 aromatic rings. The molecular formula is C18H18O2. The second kappa shape index (κ2) is 5.91. The maximum Gasteiger partial charge on any atom is 0.136 e. The van der Waals surface area contributed by atoms with Crippen molar-refractivity contribution in [3.8, 4) is 5.75 Å². The van der Waals surface area contributed by atoms with Gasteiger partial charge in [0.25, 0.3) is 0 Å². The standard InChI is InChI=1S/C18H18O2/c19-16-8-11-18(13-16)20-17-9-6-15(7-10-17)12-14-4-2-1-3-5-14/h1-7,9-10,18H,8,11-13H2. The van der Waals surface area contributed by atoms with Crippen molar-refractivity contribution in [2.24, 2.45) is 0 Å². The number of ketones is 1. The minimum atomic E-state index is 0.0717. The number of ether oxygens (including phenoxy) is 1. The summed E-state index contributed by atoms with van der Waals surface area (Å²) in [6.45, 7) is 0. The minimum absolute atomic E-state index is 0.0717. The van der Waals surface area contributed by atoms with Crippen LogP contribution in [0.4, 0.5) is 0 Å². The van der Waals surface area contributed by atoms with E-state index < -0.39 is 0 Å². The highest BCUT2D eigenvalue weighted by Crippen LogP contribution is 2.22. The molecule has 0 aliphatic heterocycles. The lowest BCUT2D eigenvalue weighted by Gasteiger charge is -2.12. The Labute approximate surface area is 119 Å². The molecule has 1 fully saturated rings. The molecule has 1 atom stereocenters. The van der Waals surface area contributed by atoms with E-state index in [0.717, 1.165) is 18.6 Å². The van der Waals surface area contributed by atoms with Crippen LogP contribution in [0.2, 0.25) is 0 Å². The molecule has 3 rings (SSSR count). The van der Waals surface area contributed by atoms with Gasteiger partial charge in [-0.15, -0.1) is 0 Å². The quantitative estimate of drug-likeness (QED) is 0.842. The number of Topliss-reactive ketones (excluding diaryl/α,β-unsaturated/α-hetero) is 1. The van der Waals surface area contributed by atoms with E-state index in [1.165, 1.54) is 11.1 Å². The van der Waals surface area contributed by atoms with Crippen molar-refractivity contribution in [2.75, 3.05) is 0 Å². The van der Waals surface area contributed by atoms with Gasteiger partial charge in [-0.25, -0.2) is 0 Å². The number of rotatable bonds is 4. The summed E-state index contributed by atoms with van der Waals surface area (Å²) in [6.07, 6.45) is 3.08. The van der Waals surface area contributed by atoms with Gasteiger partial charge in [-0.3, -0.25) is 4.79 Å². The number of carbonyl (C=O) groups excluding carboxylic acids is 1. The average molecular weight is 266 g/mol. The summed E-state index contributed by atoms with van der Waals surface area (Å²) < 4.78 is 5.83. The highest BCUT2D eigenvalue weighted by Gasteiger charge is 2.23. The monoisotopic (exact) mass is 266 g/mol. The lowest BCUT2D eigenvalue weighted by molar-refractivity contribution is -0.117. The molecule has 0 bridgehead atoms. The van der Waals surface area contributed by atoms with Crippen molar-refractivity contribution in [1.29, 1.82) is 0 Å². The van der Waals surface area contributed by atoms with Gasteiger partial charge in [0.1, 0.15) is 17.6 Å². The fourth-order valence-corrected chi connectivity index (χ4v) is 2.59. The zero-order valence-corrected chi connectivity index (χ0v) is 11.4. The van der Waals surface area contributed by atoms with Crippen LogP contribution >= 0.6 is 0 Å². The first-order valence-electron chi connectivity index (χ1n) is 7.11. The van der Waals surface area contributed by atoms with E-state index in [1.54, 1.807) is 0 Å². The summed E-state index contributed by atoms with van der Waals surface area (Å²) in [5, 5.41) is 0. The fourth-order valence-electron chi connectivity index (χ4n) is 2.59. The number of benzene rings is 2. The molecule has 0 N–H and O–H groups in total. The molecule has 0 heterocycles. The van der Waals surface area contributed by atoms with Crippen molar-refractivity contribution < 1.29 is 9.53 Å². The third-order valence-corrected chi connectivity index (χ3v) is 3.68. The Balaban J connectivity index is 1.61. The van der Waals surface area contributed by atoms with Gasteiger partial charge in [0.05, 0.1) is 0 Å². The van der Waals surface area contributed by atoms with Gasteiger partial charge in [-0.2, -0.15) is 0 Å². The van der Waals surface area contributed by atoms with Crippen molar-refractivity contribution in [1.82, 2.24) is 0 Å². The molecule has 0 radical (unpaired) electrons. The zero-order valence-electron chi connectivity index (χ0n) is 11.4. The van der Waals surface area contributed by atoms with Crippen LogP contribution < -0.4 is 4.74 Å². The molecule has 0 spiro atoms. The summed E-state index contributed by atoms with van der Waals surface area (Å²) in [4.78, 5) is 11.2. The Morgan fingerprint density at radius 1 is 0.950 bits per heavy atom. The zero-order chi connectivity index (χ0) is 13.8. The third kappa shape index (κ3) is 3.27. The molecular weight excluding hydrogens is 248 g/mol. The Bertz CT molecular complexity index is 572. The van der Waals surface area contributed by atoms with Crippen LogP contribution in [0.15, 0.2) is 54.6 Å². The minimum Gasteiger partial charge on any atom is -0.490 e. The van der Waals surface area contributed by atoms with Gasteiger partial charge in [0.15, 0.2) is 0 Å². The van der Waals surface area contributed by atoms with Crippen molar-refractivity contribution in [3.63, 3.8) is 0 Å². The van der Waals surface area contributed by atoms with Crippen LogP contribution in [-0.4, -0.2) is 11.9 Å². The maximum atomic E-state index is 11.2. The highest BCUT2D eigenvalue weighted by atomic mass is 16.5. The molecule has 1 unspecified atom stereocenters. The molecule has 20 heavy (non-hydrogen) atoms. The summed E-state index contributed by atoms with van der Waals surface area (Å²) in [5.74, 6) is 1.18. The van der Waals surface area contributed by atoms with Crippen LogP contribution in [-0.2, 0) is 11.2 Å². The first kappa shape index (κ1) is 12.9. The normalized spacial score (nSPS) is 18.2. The lowest BCUT2D eigenvalue weighted by atomic mass is 10.1. The van der Waals surface area contributed by atoms with Crippen molar-refractivity contribution in [3.05, 3.63) is 65.7 Å². The van der Waals surface area contributed by atoms with Gasteiger partial charge >= 0.3 is 0 Å². The average Bonchev–Trinajstić information content (AvgIpc) is 2.88. The fraction of sp³-hybridized carbons (Fsp3) is 0.278. The van der Waals surface area contributed by atoms with Crippen LogP contribution in [0.5, 0.6) is 5.75 Å². The van der Waals surface area contributed by atoms with E-state index in [2.05, 4.69) is 36.4 Å². The predicted octanol–water partition coefficient (Wildman–Crippen LogP) is 3.78.